The topological polar surface area (TPSA) is 54.4 Å². The number of hydrogen-bond acceptors (Lipinski definition) is 3. The van der Waals surface area contributed by atoms with Gasteiger partial charge in [-0.15, -0.1) is 11.3 Å². The molecule has 5 heteroatoms. The molecular weight excluding hydrogens is 284 g/mol. The van der Waals surface area contributed by atoms with Crippen LogP contribution in [0.2, 0.25) is 5.02 Å². The Kier molecular flexibility index (Phi) is 4.63. The fourth-order valence-corrected chi connectivity index (χ4v) is 4.05. The Bertz CT molecular complexity index is 475. The fourth-order valence-electron chi connectivity index (χ4n) is 2.95. The van der Waals surface area contributed by atoms with Crippen LogP contribution in [-0.4, -0.2) is 16.9 Å². The Morgan fingerprint density at radius 3 is 2.47 bits per heavy atom. The third kappa shape index (κ3) is 3.57. The molecule has 1 aromatic heterocycles. The van der Waals surface area contributed by atoms with Crippen molar-refractivity contribution in [1.29, 1.82) is 0 Å². The maximum absolute atomic E-state index is 12.3. The van der Waals surface area contributed by atoms with Crippen LogP contribution in [0.5, 0.6) is 0 Å². The molecule has 1 aromatic rings. The van der Waals surface area contributed by atoms with E-state index in [1.54, 1.807) is 11.4 Å². The number of carbonyl (C=O) groups is 2. The summed E-state index contributed by atoms with van der Waals surface area (Å²) < 4.78 is 0. The van der Waals surface area contributed by atoms with Gasteiger partial charge < -0.3 is 5.11 Å². The van der Waals surface area contributed by atoms with Gasteiger partial charge in [0.15, 0.2) is 5.78 Å². The molecule has 1 heterocycles. The van der Waals surface area contributed by atoms with E-state index in [1.807, 2.05) is 0 Å². The van der Waals surface area contributed by atoms with Gasteiger partial charge in [-0.1, -0.05) is 30.9 Å². The maximum atomic E-state index is 12.3. The molecule has 19 heavy (non-hydrogen) atoms. The van der Waals surface area contributed by atoms with E-state index in [1.165, 1.54) is 11.3 Å². The Labute approximate surface area is 121 Å². The first kappa shape index (κ1) is 14.5. The number of halogens is 1. The molecule has 3 nitrogen and oxygen atoms in total. The van der Waals surface area contributed by atoms with Crippen LogP contribution in [0.3, 0.4) is 0 Å². The highest BCUT2D eigenvalue weighted by Crippen LogP contribution is 2.43. The summed E-state index contributed by atoms with van der Waals surface area (Å²) in [5.74, 6) is -0.824. The van der Waals surface area contributed by atoms with Gasteiger partial charge in [0.2, 0.25) is 0 Å². The zero-order valence-corrected chi connectivity index (χ0v) is 12.2. The van der Waals surface area contributed by atoms with Crippen molar-refractivity contribution in [3.8, 4) is 0 Å². The van der Waals surface area contributed by atoms with Crippen molar-refractivity contribution in [1.82, 2.24) is 0 Å². The first-order valence-electron chi connectivity index (χ1n) is 6.50. The molecule has 104 valence electrons. The van der Waals surface area contributed by atoms with Crippen LogP contribution >= 0.6 is 22.9 Å². The van der Waals surface area contributed by atoms with E-state index in [9.17, 15) is 9.59 Å². The minimum Gasteiger partial charge on any atom is -0.481 e. The quantitative estimate of drug-likeness (QED) is 0.820. The summed E-state index contributed by atoms with van der Waals surface area (Å²) in [6.07, 6.45) is 5.20. The second-order valence-corrected chi connectivity index (χ2v) is 6.65. The zero-order chi connectivity index (χ0) is 13.9. The van der Waals surface area contributed by atoms with Crippen molar-refractivity contribution in [2.45, 2.75) is 44.9 Å². The van der Waals surface area contributed by atoms with Gasteiger partial charge in [0.05, 0.1) is 16.3 Å². The summed E-state index contributed by atoms with van der Waals surface area (Å²) in [5.41, 5.74) is -0.367. The lowest BCUT2D eigenvalue weighted by Gasteiger charge is -2.35. The summed E-state index contributed by atoms with van der Waals surface area (Å²) in [5, 5.41) is 11.4. The van der Waals surface area contributed by atoms with Crippen molar-refractivity contribution < 1.29 is 14.7 Å². The maximum Gasteiger partial charge on any atom is 0.303 e. The number of carboxylic acids is 1. The number of ketones is 1. The summed E-state index contributed by atoms with van der Waals surface area (Å²) in [4.78, 5) is 24.0. The molecule has 0 spiro atoms. The summed E-state index contributed by atoms with van der Waals surface area (Å²) in [6, 6.07) is 1.71. The highest BCUT2D eigenvalue weighted by atomic mass is 35.5. The second-order valence-electron chi connectivity index (χ2n) is 5.33. The van der Waals surface area contributed by atoms with Crippen LogP contribution in [0, 0.1) is 5.41 Å². The molecule has 0 saturated heterocycles. The Morgan fingerprint density at radius 1 is 1.26 bits per heavy atom. The Balaban J connectivity index is 2.14. The molecule has 0 bridgehead atoms. The molecular formula is C14H17ClO3S. The van der Waals surface area contributed by atoms with Gasteiger partial charge in [0.25, 0.3) is 0 Å². The lowest BCUT2D eigenvalue weighted by molar-refractivity contribution is -0.140. The van der Waals surface area contributed by atoms with Gasteiger partial charge >= 0.3 is 5.97 Å². The van der Waals surface area contributed by atoms with E-state index in [4.69, 9.17) is 16.7 Å². The van der Waals surface area contributed by atoms with Gasteiger partial charge in [0, 0.05) is 6.42 Å². The molecule has 0 aromatic carbocycles. The van der Waals surface area contributed by atoms with E-state index in [0.717, 1.165) is 32.1 Å². The number of aliphatic carboxylic acids is 1. The number of carboxylic acid groups (broad SMARTS) is 1. The predicted molar refractivity (Wildman–Crippen MR) is 76.0 cm³/mol. The van der Waals surface area contributed by atoms with Gasteiger partial charge in [0.1, 0.15) is 0 Å². The smallest absolute Gasteiger partial charge is 0.303 e. The molecule has 1 aliphatic carbocycles. The van der Waals surface area contributed by atoms with Crippen LogP contribution < -0.4 is 0 Å². The summed E-state index contributed by atoms with van der Waals surface area (Å²) in [6.45, 7) is 0. The van der Waals surface area contributed by atoms with Gasteiger partial charge in [-0.2, -0.15) is 0 Å². The Hall–Kier alpha value is -0.870. The zero-order valence-electron chi connectivity index (χ0n) is 10.7. The van der Waals surface area contributed by atoms with Crippen LogP contribution in [0.15, 0.2) is 11.4 Å². The van der Waals surface area contributed by atoms with Crippen molar-refractivity contribution in [2.24, 2.45) is 5.41 Å². The normalized spacial score (nSPS) is 18.2. The molecule has 0 unspecified atom stereocenters. The number of thiophene rings is 1. The second kappa shape index (κ2) is 6.06. The molecule has 0 amide bonds. The van der Waals surface area contributed by atoms with E-state index in [0.29, 0.717) is 16.3 Å². The third-order valence-electron chi connectivity index (χ3n) is 3.85. The molecule has 1 aliphatic rings. The monoisotopic (exact) mass is 300 g/mol. The average molecular weight is 301 g/mol. The SMILES string of the molecule is O=C(O)CC1(CC(=O)c2sccc2Cl)CCCCC1. The summed E-state index contributed by atoms with van der Waals surface area (Å²) >= 11 is 7.31. The van der Waals surface area contributed by atoms with Crippen LogP contribution in [0.25, 0.3) is 0 Å². The minimum absolute atomic E-state index is 0.0110. The molecule has 2 rings (SSSR count). The van der Waals surface area contributed by atoms with Crippen LogP contribution in [0.1, 0.15) is 54.6 Å². The van der Waals surface area contributed by atoms with Crippen molar-refractivity contribution in [3.05, 3.63) is 21.3 Å². The van der Waals surface area contributed by atoms with E-state index in [2.05, 4.69) is 0 Å². The summed E-state index contributed by atoms with van der Waals surface area (Å²) in [7, 11) is 0. The first-order valence-corrected chi connectivity index (χ1v) is 7.76. The van der Waals surface area contributed by atoms with Crippen LogP contribution in [-0.2, 0) is 4.79 Å². The van der Waals surface area contributed by atoms with Crippen molar-refractivity contribution in [3.63, 3.8) is 0 Å². The third-order valence-corrected chi connectivity index (χ3v) is 5.23. The number of hydrogen-bond donors (Lipinski definition) is 1. The molecule has 1 fully saturated rings. The first-order chi connectivity index (χ1) is 9.02. The molecule has 0 atom stereocenters. The van der Waals surface area contributed by atoms with Crippen molar-refractivity contribution >= 4 is 34.7 Å². The number of Topliss-reactive ketones (excluding diaryl/α,β-unsaturated/α-hetero) is 1. The average Bonchev–Trinajstić information content (AvgIpc) is 2.75. The molecule has 0 aliphatic heterocycles. The van der Waals surface area contributed by atoms with Gasteiger partial charge in [-0.25, -0.2) is 0 Å². The lowest BCUT2D eigenvalue weighted by atomic mass is 9.69. The van der Waals surface area contributed by atoms with Crippen LogP contribution in [0.4, 0.5) is 0 Å². The largest absolute Gasteiger partial charge is 0.481 e. The molecule has 0 radical (unpaired) electrons. The van der Waals surface area contributed by atoms with Gasteiger partial charge in [-0.3, -0.25) is 9.59 Å². The van der Waals surface area contributed by atoms with E-state index in [-0.39, 0.29) is 17.6 Å². The van der Waals surface area contributed by atoms with Gasteiger partial charge in [-0.05, 0) is 29.7 Å². The standard InChI is InChI=1S/C14H17ClO3S/c15-10-4-7-19-13(10)11(16)8-14(9-12(17)18)5-2-1-3-6-14/h4,7H,1-3,5-6,8-9H2,(H,17,18). The van der Waals surface area contributed by atoms with E-state index >= 15 is 0 Å². The minimum atomic E-state index is -0.813. The predicted octanol–water partition coefficient (Wildman–Crippen LogP) is 4.40. The highest BCUT2D eigenvalue weighted by molar-refractivity contribution is 7.12. The van der Waals surface area contributed by atoms with E-state index < -0.39 is 5.97 Å². The Morgan fingerprint density at radius 2 is 1.95 bits per heavy atom. The fraction of sp³-hybridized carbons (Fsp3) is 0.571. The number of carbonyl (C=O) groups excluding carboxylic acids is 1. The number of rotatable bonds is 5. The lowest BCUT2D eigenvalue weighted by Crippen LogP contribution is -2.30. The molecule has 1 N–H and O–H groups in total. The molecule has 1 saturated carbocycles. The van der Waals surface area contributed by atoms with Crippen molar-refractivity contribution in [2.75, 3.05) is 0 Å². The highest BCUT2D eigenvalue weighted by Gasteiger charge is 2.37.